The minimum atomic E-state index is -1.67. The minimum absolute atomic E-state index is 0.388. The van der Waals surface area contributed by atoms with Gasteiger partial charge in [0, 0.05) is 12.6 Å². The molecule has 0 aliphatic carbocycles. The quantitative estimate of drug-likeness (QED) is 0.705. The van der Waals surface area contributed by atoms with Crippen LogP contribution in [0.5, 0.6) is 0 Å². The molecule has 1 N–H and O–H groups in total. The van der Waals surface area contributed by atoms with Crippen LogP contribution in [0.4, 0.5) is 18.9 Å². The molecule has 3 aromatic carbocycles. The van der Waals surface area contributed by atoms with Crippen LogP contribution in [0.1, 0.15) is 10.4 Å². The lowest BCUT2D eigenvalue weighted by Gasteiger charge is -2.18. The van der Waals surface area contributed by atoms with Gasteiger partial charge in [0.25, 0.3) is 5.91 Å². The smallest absolute Gasteiger partial charge is 0.254 e. The van der Waals surface area contributed by atoms with Crippen LogP contribution in [0.15, 0.2) is 54.6 Å². The summed E-state index contributed by atoms with van der Waals surface area (Å²) < 4.78 is 39.8. The van der Waals surface area contributed by atoms with Crippen molar-refractivity contribution in [3.8, 4) is 0 Å². The third kappa shape index (κ3) is 3.76. The van der Waals surface area contributed by atoms with E-state index < -0.39 is 35.0 Å². The molecular formula is C20H15F3N2O2. The number of nitrogens with zero attached hydrogens (tertiary/aromatic N) is 1. The number of benzene rings is 3. The van der Waals surface area contributed by atoms with E-state index in [9.17, 15) is 22.8 Å². The number of carbonyl (C=O) groups excluding carboxylic acids is 2. The largest absolute Gasteiger partial charge is 0.332 e. The maximum atomic E-state index is 13.6. The van der Waals surface area contributed by atoms with Gasteiger partial charge in [0.05, 0.1) is 12.2 Å². The van der Waals surface area contributed by atoms with Crippen molar-refractivity contribution in [3.63, 3.8) is 0 Å². The molecule has 7 heteroatoms. The summed E-state index contributed by atoms with van der Waals surface area (Å²) in [4.78, 5) is 25.9. The van der Waals surface area contributed by atoms with Gasteiger partial charge >= 0.3 is 0 Å². The van der Waals surface area contributed by atoms with E-state index in [4.69, 9.17) is 0 Å². The van der Waals surface area contributed by atoms with Gasteiger partial charge in [-0.15, -0.1) is 0 Å². The Balaban J connectivity index is 1.75. The first-order valence-corrected chi connectivity index (χ1v) is 8.05. The topological polar surface area (TPSA) is 49.4 Å². The van der Waals surface area contributed by atoms with E-state index in [1.807, 2.05) is 18.2 Å². The first kappa shape index (κ1) is 18.4. The molecule has 4 nitrogen and oxygen atoms in total. The minimum Gasteiger partial charge on any atom is -0.332 e. The first-order chi connectivity index (χ1) is 12.9. The molecule has 2 amide bonds. The predicted octanol–water partition coefficient (Wildman–Crippen LogP) is 3.97. The summed E-state index contributed by atoms with van der Waals surface area (Å²) in [6.07, 6.45) is 0. The molecule has 0 bridgehead atoms. The second-order valence-corrected chi connectivity index (χ2v) is 5.96. The Bertz CT molecular complexity index is 1030. The number of likely N-dealkylation sites (N-methyl/N-ethyl adjacent to an activating group) is 1. The third-order valence-electron chi connectivity index (χ3n) is 4.06. The van der Waals surface area contributed by atoms with Gasteiger partial charge in [-0.25, -0.2) is 13.2 Å². The number of nitrogens with one attached hydrogen (secondary N) is 1. The summed E-state index contributed by atoms with van der Waals surface area (Å²) >= 11 is 0. The van der Waals surface area contributed by atoms with E-state index >= 15 is 0 Å². The highest BCUT2D eigenvalue weighted by Crippen LogP contribution is 2.21. The highest BCUT2D eigenvalue weighted by Gasteiger charge is 2.19. The van der Waals surface area contributed by atoms with Gasteiger partial charge < -0.3 is 10.2 Å². The third-order valence-corrected chi connectivity index (χ3v) is 4.06. The highest BCUT2D eigenvalue weighted by atomic mass is 19.2. The SMILES string of the molecule is CN(CC(=O)Nc1ccc(F)c(F)c1F)C(=O)c1cccc2ccccc12. The Morgan fingerprint density at radius 2 is 1.63 bits per heavy atom. The van der Waals surface area contributed by atoms with Gasteiger partial charge in [-0.3, -0.25) is 9.59 Å². The zero-order valence-electron chi connectivity index (χ0n) is 14.3. The van der Waals surface area contributed by atoms with Crippen molar-refractivity contribution < 1.29 is 22.8 Å². The fraction of sp³-hybridized carbons (Fsp3) is 0.100. The van der Waals surface area contributed by atoms with E-state index in [0.717, 1.165) is 21.7 Å². The Morgan fingerprint density at radius 3 is 2.41 bits per heavy atom. The van der Waals surface area contributed by atoms with E-state index in [2.05, 4.69) is 5.32 Å². The van der Waals surface area contributed by atoms with Gasteiger partial charge in [-0.05, 0) is 29.0 Å². The summed E-state index contributed by atoms with van der Waals surface area (Å²) in [5.74, 6) is -5.66. The normalized spacial score (nSPS) is 10.7. The first-order valence-electron chi connectivity index (χ1n) is 8.05. The van der Waals surface area contributed by atoms with Gasteiger partial charge in [0.2, 0.25) is 5.91 Å². The number of carbonyl (C=O) groups is 2. The van der Waals surface area contributed by atoms with Gasteiger partial charge in [0.15, 0.2) is 17.5 Å². The summed E-state index contributed by atoms with van der Waals surface area (Å²) in [5.41, 5.74) is -0.0766. The van der Waals surface area contributed by atoms with Gasteiger partial charge in [0.1, 0.15) is 0 Å². The van der Waals surface area contributed by atoms with Crippen LogP contribution in [0.2, 0.25) is 0 Å². The number of rotatable bonds is 4. The van der Waals surface area contributed by atoms with Crippen LogP contribution in [0.3, 0.4) is 0 Å². The highest BCUT2D eigenvalue weighted by molar-refractivity contribution is 6.08. The van der Waals surface area contributed by atoms with Crippen LogP contribution in [-0.2, 0) is 4.79 Å². The molecule has 3 rings (SSSR count). The number of amides is 2. The molecule has 0 saturated carbocycles. The summed E-state index contributed by atoms with van der Waals surface area (Å²) in [6, 6.07) is 14.2. The van der Waals surface area contributed by atoms with E-state index in [1.165, 1.54) is 7.05 Å². The zero-order valence-corrected chi connectivity index (χ0v) is 14.3. The average Bonchev–Trinajstić information content (AvgIpc) is 2.67. The van der Waals surface area contributed by atoms with Crippen LogP contribution in [-0.4, -0.2) is 30.3 Å². The predicted molar refractivity (Wildman–Crippen MR) is 95.9 cm³/mol. The van der Waals surface area contributed by atoms with E-state index in [-0.39, 0.29) is 6.54 Å². The van der Waals surface area contributed by atoms with Crippen molar-refractivity contribution >= 4 is 28.3 Å². The molecule has 0 heterocycles. The van der Waals surface area contributed by atoms with Crippen molar-refractivity contribution in [1.82, 2.24) is 4.90 Å². The zero-order chi connectivity index (χ0) is 19.6. The molecule has 27 heavy (non-hydrogen) atoms. The van der Waals surface area contributed by atoms with Crippen LogP contribution in [0.25, 0.3) is 10.8 Å². The fourth-order valence-corrected chi connectivity index (χ4v) is 2.72. The Labute approximate surface area is 153 Å². The molecule has 0 atom stereocenters. The number of anilines is 1. The Kier molecular flexibility index (Phi) is 5.12. The monoisotopic (exact) mass is 372 g/mol. The summed E-state index contributed by atoms with van der Waals surface area (Å²) in [7, 11) is 1.42. The van der Waals surface area contributed by atoms with E-state index in [0.29, 0.717) is 11.6 Å². The summed E-state index contributed by atoms with van der Waals surface area (Å²) in [6.45, 7) is -0.388. The molecule has 0 saturated heterocycles. The second kappa shape index (κ2) is 7.49. The van der Waals surface area contributed by atoms with Crippen molar-refractivity contribution in [2.24, 2.45) is 0 Å². The molecular weight excluding hydrogens is 357 g/mol. The molecule has 138 valence electrons. The molecule has 0 aliphatic rings. The standard InChI is InChI=1S/C20H15F3N2O2/c1-25(11-17(26)24-16-10-9-15(21)18(22)19(16)23)20(27)14-8-4-6-12-5-2-3-7-13(12)14/h2-10H,11H2,1H3,(H,24,26). The van der Waals surface area contributed by atoms with Gasteiger partial charge in [-0.1, -0.05) is 36.4 Å². The maximum absolute atomic E-state index is 13.6. The van der Waals surface area contributed by atoms with Crippen molar-refractivity contribution in [2.45, 2.75) is 0 Å². The number of hydrogen-bond donors (Lipinski definition) is 1. The van der Waals surface area contributed by atoms with Crippen LogP contribution < -0.4 is 5.32 Å². The lowest BCUT2D eigenvalue weighted by Crippen LogP contribution is -2.35. The Morgan fingerprint density at radius 1 is 0.926 bits per heavy atom. The van der Waals surface area contributed by atoms with Crippen molar-refractivity contribution in [3.05, 3.63) is 77.6 Å². The molecule has 0 radical (unpaired) electrons. The molecule has 0 aliphatic heterocycles. The molecule has 0 spiro atoms. The van der Waals surface area contributed by atoms with Crippen molar-refractivity contribution in [1.29, 1.82) is 0 Å². The van der Waals surface area contributed by atoms with E-state index in [1.54, 1.807) is 24.3 Å². The van der Waals surface area contributed by atoms with Gasteiger partial charge in [-0.2, -0.15) is 0 Å². The number of hydrogen-bond acceptors (Lipinski definition) is 2. The van der Waals surface area contributed by atoms with Crippen LogP contribution in [0, 0.1) is 17.5 Å². The second-order valence-electron chi connectivity index (χ2n) is 5.96. The number of fused-ring (bicyclic) bond motifs is 1. The molecule has 0 fully saturated rings. The van der Waals surface area contributed by atoms with Crippen molar-refractivity contribution in [2.75, 3.05) is 18.9 Å². The number of halogens is 3. The molecule has 0 aromatic heterocycles. The summed E-state index contributed by atoms with van der Waals surface area (Å²) in [5, 5.41) is 3.76. The lowest BCUT2D eigenvalue weighted by atomic mass is 10.0. The average molecular weight is 372 g/mol. The molecule has 0 unspecified atom stereocenters. The molecule has 3 aromatic rings. The fourth-order valence-electron chi connectivity index (χ4n) is 2.72. The lowest BCUT2D eigenvalue weighted by molar-refractivity contribution is -0.116. The maximum Gasteiger partial charge on any atom is 0.254 e. The van der Waals surface area contributed by atoms with Crippen LogP contribution >= 0.6 is 0 Å². The Hall–Kier alpha value is -3.35.